The predicted octanol–water partition coefficient (Wildman–Crippen LogP) is 10.2. The molecule has 39 heavy (non-hydrogen) atoms. The van der Waals surface area contributed by atoms with Gasteiger partial charge in [-0.3, -0.25) is 0 Å². The first kappa shape index (κ1) is 31.1. The standard InChI is InChI=1S/C37H52O2/c1-2-3-4-5-6-7-8-9-10-11-12-13-14-24-31-36(38)32-39-37(33-25-18-15-19-26-33,34-27-20-16-21-28-34)35-29-22-17-23-30-35/h15-23,25-30,36,38H,2-14,24,31-32H2,1H3. The van der Waals surface area contributed by atoms with Crippen LogP contribution < -0.4 is 0 Å². The summed E-state index contributed by atoms with van der Waals surface area (Å²) in [5.74, 6) is 0. The third kappa shape index (κ3) is 10.6. The van der Waals surface area contributed by atoms with Crippen molar-refractivity contribution in [3.8, 4) is 0 Å². The molecule has 0 saturated heterocycles. The Balaban J connectivity index is 1.42. The van der Waals surface area contributed by atoms with Gasteiger partial charge in [-0.25, -0.2) is 0 Å². The van der Waals surface area contributed by atoms with E-state index < -0.39 is 11.7 Å². The van der Waals surface area contributed by atoms with Crippen LogP contribution in [0.3, 0.4) is 0 Å². The Kier molecular flexibility index (Phi) is 15.0. The summed E-state index contributed by atoms with van der Waals surface area (Å²) in [7, 11) is 0. The lowest BCUT2D eigenvalue weighted by Gasteiger charge is -2.36. The van der Waals surface area contributed by atoms with Crippen molar-refractivity contribution in [2.75, 3.05) is 6.61 Å². The third-order valence-electron chi connectivity index (χ3n) is 7.92. The van der Waals surface area contributed by atoms with Gasteiger partial charge >= 0.3 is 0 Å². The molecule has 0 aliphatic heterocycles. The summed E-state index contributed by atoms with van der Waals surface area (Å²) in [6.07, 6.45) is 19.1. The van der Waals surface area contributed by atoms with Gasteiger partial charge in [0.25, 0.3) is 0 Å². The van der Waals surface area contributed by atoms with Crippen LogP contribution in [0.5, 0.6) is 0 Å². The van der Waals surface area contributed by atoms with Crippen molar-refractivity contribution < 1.29 is 9.84 Å². The molecule has 0 aliphatic rings. The number of unbranched alkanes of at least 4 members (excludes halogenated alkanes) is 13. The van der Waals surface area contributed by atoms with Crippen molar-refractivity contribution in [2.45, 2.75) is 115 Å². The lowest BCUT2D eigenvalue weighted by atomic mass is 9.80. The maximum atomic E-state index is 10.9. The molecule has 0 fully saturated rings. The number of benzene rings is 3. The highest BCUT2D eigenvalue weighted by molar-refractivity contribution is 5.47. The summed E-state index contributed by atoms with van der Waals surface area (Å²) in [5, 5.41) is 10.9. The summed E-state index contributed by atoms with van der Waals surface area (Å²) < 4.78 is 6.77. The molecule has 1 atom stereocenters. The fraction of sp³-hybridized carbons (Fsp3) is 0.514. The number of aliphatic hydroxyl groups excluding tert-OH is 1. The van der Waals surface area contributed by atoms with E-state index in [9.17, 15) is 5.11 Å². The minimum atomic E-state index is -0.764. The van der Waals surface area contributed by atoms with E-state index in [1.54, 1.807) is 0 Å². The normalized spacial score (nSPS) is 12.5. The summed E-state index contributed by atoms with van der Waals surface area (Å²) in [4.78, 5) is 0. The number of ether oxygens (including phenoxy) is 1. The molecular weight excluding hydrogens is 476 g/mol. The molecule has 3 aromatic rings. The first-order valence-electron chi connectivity index (χ1n) is 15.8. The van der Waals surface area contributed by atoms with E-state index in [4.69, 9.17) is 4.74 Å². The van der Waals surface area contributed by atoms with E-state index in [2.05, 4.69) is 79.7 Å². The second-order valence-electron chi connectivity index (χ2n) is 11.1. The maximum Gasteiger partial charge on any atom is 0.143 e. The zero-order valence-electron chi connectivity index (χ0n) is 24.4. The highest BCUT2D eigenvalue weighted by atomic mass is 16.5. The number of aliphatic hydroxyl groups is 1. The van der Waals surface area contributed by atoms with Gasteiger partial charge in [-0.15, -0.1) is 0 Å². The molecule has 3 aromatic carbocycles. The van der Waals surface area contributed by atoms with Crippen LogP contribution in [-0.2, 0) is 10.3 Å². The summed E-state index contributed by atoms with van der Waals surface area (Å²) in [6.45, 7) is 2.59. The summed E-state index contributed by atoms with van der Waals surface area (Å²) in [6, 6.07) is 31.2. The molecular formula is C37H52O2. The van der Waals surface area contributed by atoms with Crippen molar-refractivity contribution in [1.82, 2.24) is 0 Å². The van der Waals surface area contributed by atoms with Gasteiger partial charge in [-0.05, 0) is 23.1 Å². The fourth-order valence-corrected chi connectivity index (χ4v) is 5.65. The van der Waals surface area contributed by atoms with E-state index in [-0.39, 0.29) is 0 Å². The first-order chi connectivity index (χ1) is 19.3. The Morgan fingerprint density at radius 2 is 0.846 bits per heavy atom. The molecule has 0 spiro atoms. The maximum absolute atomic E-state index is 10.9. The van der Waals surface area contributed by atoms with E-state index in [1.165, 1.54) is 83.5 Å². The molecule has 1 N–H and O–H groups in total. The highest BCUT2D eigenvalue weighted by Gasteiger charge is 2.37. The van der Waals surface area contributed by atoms with Gasteiger partial charge in [-0.1, -0.05) is 188 Å². The second kappa shape index (κ2) is 18.8. The molecule has 0 heterocycles. The van der Waals surface area contributed by atoms with Crippen molar-refractivity contribution in [2.24, 2.45) is 0 Å². The van der Waals surface area contributed by atoms with E-state index in [0.29, 0.717) is 6.61 Å². The van der Waals surface area contributed by atoms with Gasteiger partial charge in [0, 0.05) is 0 Å². The van der Waals surface area contributed by atoms with Crippen LogP contribution in [0.4, 0.5) is 0 Å². The molecule has 0 amide bonds. The van der Waals surface area contributed by atoms with Gasteiger partial charge in [-0.2, -0.15) is 0 Å². The molecule has 0 radical (unpaired) electrons. The molecule has 1 unspecified atom stereocenters. The molecule has 0 aliphatic carbocycles. The van der Waals surface area contributed by atoms with Gasteiger partial charge in [0.2, 0.25) is 0 Å². The Morgan fingerprint density at radius 1 is 0.513 bits per heavy atom. The van der Waals surface area contributed by atoms with Gasteiger partial charge in [0.1, 0.15) is 5.60 Å². The monoisotopic (exact) mass is 528 g/mol. The SMILES string of the molecule is CCCCCCCCCCCCCCCCC(O)COC(c1ccccc1)(c1ccccc1)c1ccccc1. The van der Waals surface area contributed by atoms with Crippen LogP contribution in [0, 0.1) is 0 Å². The summed E-state index contributed by atoms with van der Waals surface area (Å²) in [5.41, 5.74) is 2.46. The number of hydrogen-bond donors (Lipinski definition) is 1. The number of hydrogen-bond acceptors (Lipinski definition) is 2. The minimum absolute atomic E-state index is 0.303. The van der Waals surface area contributed by atoms with Crippen LogP contribution in [0.2, 0.25) is 0 Å². The van der Waals surface area contributed by atoms with Crippen LogP contribution in [0.15, 0.2) is 91.0 Å². The van der Waals surface area contributed by atoms with Gasteiger partial charge < -0.3 is 9.84 Å². The molecule has 212 valence electrons. The lowest BCUT2D eigenvalue weighted by Crippen LogP contribution is -2.35. The third-order valence-corrected chi connectivity index (χ3v) is 7.92. The Morgan fingerprint density at radius 3 is 1.21 bits per heavy atom. The van der Waals surface area contributed by atoms with Crippen LogP contribution in [-0.4, -0.2) is 17.8 Å². The predicted molar refractivity (Wildman–Crippen MR) is 166 cm³/mol. The highest BCUT2D eigenvalue weighted by Crippen LogP contribution is 2.40. The minimum Gasteiger partial charge on any atom is -0.391 e. The van der Waals surface area contributed by atoms with Crippen molar-refractivity contribution in [3.63, 3.8) is 0 Å². The van der Waals surface area contributed by atoms with Gasteiger partial charge in [0.05, 0.1) is 12.7 Å². The Bertz CT molecular complexity index is 873. The second-order valence-corrected chi connectivity index (χ2v) is 11.1. The molecule has 0 saturated carbocycles. The molecule has 3 rings (SSSR count). The van der Waals surface area contributed by atoms with E-state index in [1.807, 2.05) is 18.2 Å². The average Bonchev–Trinajstić information content (AvgIpc) is 2.99. The van der Waals surface area contributed by atoms with Crippen molar-refractivity contribution in [1.29, 1.82) is 0 Å². The van der Waals surface area contributed by atoms with Crippen LogP contribution >= 0.6 is 0 Å². The number of rotatable bonds is 21. The zero-order valence-corrected chi connectivity index (χ0v) is 24.4. The summed E-state index contributed by atoms with van der Waals surface area (Å²) >= 11 is 0. The average molecular weight is 529 g/mol. The van der Waals surface area contributed by atoms with E-state index in [0.717, 1.165) is 29.5 Å². The lowest BCUT2D eigenvalue weighted by molar-refractivity contribution is -0.0405. The van der Waals surface area contributed by atoms with Crippen LogP contribution in [0.25, 0.3) is 0 Å². The van der Waals surface area contributed by atoms with Crippen LogP contribution in [0.1, 0.15) is 120 Å². The molecule has 0 bridgehead atoms. The largest absolute Gasteiger partial charge is 0.391 e. The topological polar surface area (TPSA) is 29.5 Å². The fourth-order valence-electron chi connectivity index (χ4n) is 5.65. The van der Waals surface area contributed by atoms with Crippen molar-refractivity contribution in [3.05, 3.63) is 108 Å². The molecule has 2 nitrogen and oxygen atoms in total. The Labute approximate surface area is 238 Å². The van der Waals surface area contributed by atoms with E-state index >= 15 is 0 Å². The molecule has 0 aromatic heterocycles. The smallest absolute Gasteiger partial charge is 0.143 e. The van der Waals surface area contributed by atoms with Gasteiger partial charge in [0.15, 0.2) is 0 Å². The quantitative estimate of drug-likeness (QED) is 0.110. The Hall–Kier alpha value is -2.42. The van der Waals surface area contributed by atoms with Crippen molar-refractivity contribution >= 4 is 0 Å². The molecule has 2 heteroatoms. The zero-order chi connectivity index (χ0) is 27.4. The first-order valence-corrected chi connectivity index (χ1v) is 15.8.